The van der Waals surface area contributed by atoms with E-state index in [4.69, 9.17) is 4.74 Å². The normalized spacial score (nSPS) is 33.2. The average molecular weight is 255 g/mol. The zero-order chi connectivity index (χ0) is 13.2. The average Bonchev–Trinajstić information content (AvgIpc) is 2.36. The molecule has 4 nitrogen and oxygen atoms in total. The summed E-state index contributed by atoms with van der Waals surface area (Å²) in [5.41, 5.74) is -0.580. The molecule has 104 valence electrons. The Morgan fingerprint density at radius 3 is 2.67 bits per heavy atom. The van der Waals surface area contributed by atoms with E-state index in [2.05, 4.69) is 18.7 Å². The van der Waals surface area contributed by atoms with Crippen LogP contribution in [0.15, 0.2) is 0 Å². The van der Waals surface area contributed by atoms with Crippen LogP contribution in [0.4, 0.5) is 0 Å². The Bertz CT molecular complexity index is 299. The second-order valence-electron chi connectivity index (χ2n) is 6.03. The number of carboxylic acid groups (broad SMARTS) is 1. The topological polar surface area (TPSA) is 49.8 Å². The van der Waals surface area contributed by atoms with Crippen LogP contribution in [0.1, 0.15) is 39.5 Å². The van der Waals surface area contributed by atoms with Crippen molar-refractivity contribution < 1.29 is 14.6 Å². The second kappa shape index (κ2) is 5.57. The van der Waals surface area contributed by atoms with Crippen LogP contribution in [-0.4, -0.2) is 48.3 Å². The van der Waals surface area contributed by atoms with Crippen molar-refractivity contribution in [2.75, 3.05) is 26.3 Å². The number of piperidine rings is 1. The van der Waals surface area contributed by atoms with Gasteiger partial charge in [0.05, 0.1) is 5.41 Å². The van der Waals surface area contributed by atoms with Gasteiger partial charge in [0.1, 0.15) is 0 Å². The van der Waals surface area contributed by atoms with Gasteiger partial charge in [0.25, 0.3) is 0 Å². The largest absolute Gasteiger partial charge is 0.481 e. The first-order valence-corrected chi connectivity index (χ1v) is 7.10. The Morgan fingerprint density at radius 2 is 2.06 bits per heavy atom. The zero-order valence-electron chi connectivity index (χ0n) is 11.5. The second-order valence-corrected chi connectivity index (χ2v) is 6.03. The van der Waals surface area contributed by atoms with Crippen LogP contribution >= 0.6 is 0 Å². The molecule has 4 heteroatoms. The highest BCUT2D eigenvalue weighted by Gasteiger charge is 2.43. The van der Waals surface area contributed by atoms with Crippen LogP contribution in [0.5, 0.6) is 0 Å². The van der Waals surface area contributed by atoms with Crippen LogP contribution in [0.25, 0.3) is 0 Å². The van der Waals surface area contributed by atoms with Gasteiger partial charge in [-0.2, -0.15) is 0 Å². The number of carbonyl (C=O) groups is 1. The molecule has 2 fully saturated rings. The van der Waals surface area contributed by atoms with E-state index in [9.17, 15) is 9.90 Å². The number of likely N-dealkylation sites (tertiary alicyclic amines) is 1. The highest BCUT2D eigenvalue weighted by molar-refractivity contribution is 5.75. The van der Waals surface area contributed by atoms with Crippen molar-refractivity contribution in [3.05, 3.63) is 0 Å². The minimum Gasteiger partial charge on any atom is -0.481 e. The summed E-state index contributed by atoms with van der Waals surface area (Å²) in [6, 6.07) is 0.498. The van der Waals surface area contributed by atoms with Gasteiger partial charge in [-0.25, -0.2) is 0 Å². The van der Waals surface area contributed by atoms with Crippen LogP contribution in [0.3, 0.4) is 0 Å². The minimum atomic E-state index is -0.642. The van der Waals surface area contributed by atoms with Gasteiger partial charge in [0.2, 0.25) is 0 Å². The molecule has 2 aliphatic heterocycles. The van der Waals surface area contributed by atoms with E-state index in [0.717, 1.165) is 6.54 Å². The number of nitrogens with zero attached hydrogens (tertiary/aromatic N) is 1. The molecule has 0 radical (unpaired) electrons. The predicted octanol–water partition coefficient (Wildman–Crippen LogP) is 1.99. The van der Waals surface area contributed by atoms with E-state index in [0.29, 0.717) is 44.6 Å². The predicted molar refractivity (Wildman–Crippen MR) is 69.6 cm³/mol. The van der Waals surface area contributed by atoms with Gasteiger partial charge in [0.15, 0.2) is 0 Å². The number of ether oxygens (including phenoxy) is 1. The fourth-order valence-electron chi connectivity index (χ4n) is 3.23. The Balaban J connectivity index is 2.06. The molecule has 18 heavy (non-hydrogen) atoms. The lowest BCUT2D eigenvalue weighted by atomic mass is 9.78. The van der Waals surface area contributed by atoms with Crippen LogP contribution in [0, 0.1) is 11.3 Å². The monoisotopic (exact) mass is 255 g/mol. The summed E-state index contributed by atoms with van der Waals surface area (Å²) >= 11 is 0. The summed E-state index contributed by atoms with van der Waals surface area (Å²) in [4.78, 5) is 14.0. The van der Waals surface area contributed by atoms with Crippen molar-refractivity contribution >= 4 is 5.97 Å². The summed E-state index contributed by atoms with van der Waals surface area (Å²) in [5.74, 6) is 0.0284. The molecule has 2 saturated heterocycles. The van der Waals surface area contributed by atoms with E-state index >= 15 is 0 Å². The van der Waals surface area contributed by atoms with Gasteiger partial charge in [-0.05, 0) is 45.1 Å². The molecule has 0 bridgehead atoms. The lowest BCUT2D eigenvalue weighted by Crippen LogP contribution is -2.52. The van der Waals surface area contributed by atoms with Crippen LogP contribution in [0.2, 0.25) is 0 Å². The SMILES string of the molecule is CC1CCCN(CC2(C(=O)O)CCOCC2)C1C. The molecule has 0 spiro atoms. The van der Waals surface area contributed by atoms with Gasteiger partial charge >= 0.3 is 5.97 Å². The third kappa shape index (κ3) is 2.69. The number of aliphatic carboxylic acids is 1. The number of hydrogen-bond donors (Lipinski definition) is 1. The van der Waals surface area contributed by atoms with Gasteiger partial charge in [0, 0.05) is 25.8 Å². The van der Waals surface area contributed by atoms with Gasteiger partial charge < -0.3 is 9.84 Å². The molecule has 2 rings (SSSR count). The molecule has 0 saturated carbocycles. The van der Waals surface area contributed by atoms with Crippen molar-refractivity contribution in [2.45, 2.75) is 45.6 Å². The molecule has 0 aromatic rings. The molecule has 2 heterocycles. The molecule has 0 amide bonds. The highest BCUT2D eigenvalue weighted by Crippen LogP contribution is 2.34. The van der Waals surface area contributed by atoms with Gasteiger partial charge in [-0.15, -0.1) is 0 Å². The quantitative estimate of drug-likeness (QED) is 0.838. The summed E-state index contributed by atoms with van der Waals surface area (Å²) in [7, 11) is 0. The Morgan fingerprint density at radius 1 is 1.39 bits per heavy atom. The fourth-order valence-corrected chi connectivity index (χ4v) is 3.23. The number of hydrogen-bond acceptors (Lipinski definition) is 3. The smallest absolute Gasteiger partial charge is 0.311 e. The van der Waals surface area contributed by atoms with E-state index in [1.807, 2.05) is 0 Å². The van der Waals surface area contributed by atoms with E-state index in [1.165, 1.54) is 12.8 Å². The molecule has 0 aliphatic carbocycles. The fraction of sp³-hybridized carbons (Fsp3) is 0.929. The first-order valence-electron chi connectivity index (χ1n) is 7.10. The summed E-state index contributed by atoms with van der Waals surface area (Å²) in [6.45, 7) is 7.42. The third-order valence-corrected chi connectivity index (χ3v) is 4.91. The number of carboxylic acids is 1. The third-order valence-electron chi connectivity index (χ3n) is 4.91. The van der Waals surface area contributed by atoms with E-state index in [1.54, 1.807) is 0 Å². The van der Waals surface area contributed by atoms with Crippen LogP contribution in [-0.2, 0) is 9.53 Å². The molecule has 1 N–H and O–H groups in total. The Kier molecular flexibility index (Phi) is 4.28. The Hall–Kier alpha value is -0.610. The zero-order valence-corrected chi connectivity index (χ0v) is 11.5. The first-order chi connectivity index (χ1) is 8.55. The minimum absolute atomic E-state index is 0.498. The lowest BCUT2D eigenvalue weighted by molar-refractivity contribution is -0.157. The molecule has 2 atom stereocenters. The first kappa shape index (κ1) is 13.8. The van der Waals surface area contributed by atoms with Gasteiger partial charge in [-0.3, -0.25) is 9.69 Å². The van der Waals surface area contributed by atoms with Crippen molar-refractivity contribution in [3.63, 3.8) is 0 Å². The molecule has 0 aromatic heterocycles. The molecular weight excluding hydrogens is 230 g/mol. The summed E-state index contributed by atoms with van der Waals surface area (Å²) in [5, 5.41) is 9.59. The van der Waals surface area contributed by atoms with Crippen molar-refractivity contribution in [3.8, 4) is 0 Å². The summed E-state index contributed by atoms with van der Waals surface area (Å²) in [6.07, 6.45) is 3.76. The number of rotatable bonds is 3. The van der Waals surface area contributed by atoms with E-state index < -0.39 is 11.4 Å². The standard InChI is InChI=1S/C14H25NO3/c1-11-4-3-7-15(12(11)2)10-14(13(16)17)5-8-18-9-6-14/h11-12H,3-10H2,1-2H3,(H,16,17). The van der Waals surface area contributed by atoms with Crippen molar-refractivity contribution in [1.29, 1.82) is 0 Å². The van der Waals surface area contributed by atoms with Gasteiger partial charge in [-0.1, -0.05) is 6.92 Å². The van der Waals surface area contributed by atoms with E-state index in [-0.39, 0.29) is 0 Å². The molecule has 2 aliphatic rings. The van der Waals surface area contributed by atoms with Crippen LogP contribution < -0.4 is 0 Å². The lowest BCUT2D eigenvalue weighted by Gasteiger charge is -2.44. The summed E-state index contributed by atoms with van der Waals surface area (Å²) < 4.78 is 5.33. The van der Waals surface area contributed by atoms with Crippen molar-refractivity contribution in [2.24, 2.45) is 11.3 Å². The maximum absolute atomic E-state index is 11.7. The molecule has 0 aromatic carbocycles. The Labute approximate surface area is 109 Å². The highest BCUT2D eigenvalue weighted by atomic mass is 16.5. The maximum Gasteiger partial charge on any atom is 0.311 e. The maximum atomic E-state index is 11.7. The van der Waals surface area contributed by atoms with Crippen molar-refractivity contribution in [1.82, 2.24) is 4.90 Å². The molecule has 2 unspecified atom stereocenters. The molecular formula is C14H25NO3.